The third-order valence-corrected chi connectivity index (χ3v) is 4.98. The normalized spacial score (nSPS) is 25.2. The van der Waals surface area contributed by atoms with E-state index in [1.807, 2.05) is 24.3 Å². The minimum Gasteiger partial charge on any atom is -0.381 e. The van der Waals surface area contributed by atoms with Crippen molar-refractivity contribution in [2.24, 2.45) is 10.4 Å². The number of hydrogen-bond donors (Lipinski definition) is 1. The first-order valence-electron chi connectivity index (χ1n) is 8.07. The monoisotopic (exact) mass is 321 g/mol. The standard InChI is InChI=1S/C17H24ClN3O/c1-2-19-16(20-11-14-5-3-4-6-15(14)18)21-9-7-17(12-21)8-10-22-13-17/h3-6H,2,7-13H2,1H3,(H,19,20). The van der Waals surface area contributed by atoms with Gasteiger partial charge in [-0.05, 0) is 31.4 Å². The Balaban J connectivity index is 1.70. The van der Waals surface area contributed by atoms with Crippen LogP contribution in [0.15, 0.2) is 29.3 Å². The molecule has 2 aliphatic rings. The van der Waals surface area contributed by atoms with Gasteiger partial charge in [-0.2, -0.15) is 0 Å². The molecule has 1 atom stereocenters. The van der Waals surface area contributed by atoms with Crippen molar-refractivity contribution in [3.05, 3.63) is 34.9 Å². The Kier molecular flexibility index (Phi) is 4.89. The Morgan fingerprint density at radius 2 is 2.27 bits per heavy atom. The van der Waals surface area contributed by atoms with E-state index in [2.05, 4.69) is 17.1 Å². The zero-order valence-electron chi connectivity index (χ0n) is 13.1. The van der Waals surface area contributed by atoms with Crippen molar-refractivity contribution >= 4 is 17.6 Å². The molecule has 1 unspecified atom stereocenters. The Morgan fingerprint density at radius 3 is 3.00 bits per heavy atom. The third kappa shape index (κ3) is 3.39. The van der Waals surface area contributed by atoms with Crippen molar-refractivity contribution in [2.75, 3.05) is 32.8 Å². The molecule has 4 nitrogen and oxygen atoms in total. The SMILES string of the molecule is CCNC(=NCc1ccccc1Cl)N1CCC2(CCOC2)C1. The summed E-state index contributed by atoms with van der Waals surface area (Å²) in [6, 6.07) is 7.90. The average Bonchev–Trinajstić information content (AvgIpc) is 3.16. The first-order valence-corrected chi connectivity index (χ1v) is 8.45. The highest BCUT2D eigenvalue weighted by Crippen LogP contribution is 2.38. The van der Waals surface area contributed by atoms with E-state index in [1.54, 1.807) is 0 Å². The third-order valence-electron chi connectivity index (χ3n) is 4.61. The predicted octanol–water partition coefficient (Wildman–Crippen LogP) is 2.92. The van der Waals surface area contributed by atoms with Crippen LogP contribution in [0.3, 0.4) is 0 Å². The van der Waals surface area contributed by atoms with E-state index in [9.17, 15) is 0 Å². The summed E-state index contributed by atoms with van der Waals surface area (Å²) in [5.41, 5.74) is 1.42. The average molecular weight is 322 g/mol. The molecule has 0 saturated carbocycles. The zero-order chi connectivity index (χ0) is 15.4. The summed E-state index contributed by atoms with van der Waals surface area (Å²) in [5, 5.41) is 4.19. The van der Waals surface area contributed by atoms with Crippen LogP contribution in [-0.4, -0.2) is 43.7 Å². The van der Waals surface area contributed by atoms with E-state index in [0.29, 0.717) is 12.0 Å². The van der Waals surface area contributed by atoms with Crippen molar-refractivity contribution in [1.82, 2.24) is 10.2 Å². The number of ether oxygens (including phenoxy) is 1. The molecule has 2 heterocycles. The molecule has 3 rings (SSSR count). The fourth-order valence-corrected chi connectivity index (χ4v) is 3.50. The fraction of sp³-hybridized carbons (Fsp3) is 0.588. The topological polar surface area (TPSA) is 36.9 Å². The minimum absolute atomic E-state index is 0.348. The van der Waals surface area contributed by atoms with E-state index in [1.165, 1.54) is 12.8 Å². The molecule has 120 valence electrons. The lowest BCUT2D eigenvalue weighted by molar-refractivity contribution is 0.156. The van der Waals surface area contributed by atoms with Gasteiger partial charge in [0.15, 0.2) is 5.96 Å². The Morgan fingerprint density at radius 1 is 1.41 bits per heavy atom. The van der Waals surface area contributed by atoms with Crippen LogP contribution in [0.2, 0.25) is 5.02 Å². The van der Waals surface area contributed by atoms with Gasteiger partial charge in [0.1, 0.15) is 0 Å². The lowest BCUT2D eigenvalue weighted by Crippen LogP contribution is -2.41. The second-order valence-corrected chi connectivity index (χ2v) is 6.64. The van der Waals surface area contributed by atoms with Crippen LogP contribution in [0.4, 0.5) is 0 Å². The highest BCUT2D eigenvalue weighted by atomic mass is 35.5. The van der Waals surface area contributed by atoms with Gasteiger partial charge in [0, 0.05) is 36.7 Å². The molecule has 2 aliphatic heterocycles. The number of halogens is 1. The molecule has 1 aromatic rings. The van der Waals surface area contributed by atoms with Crippen molar-refractivity contribution in [1.29, 1.82) is 0 Å². The number of guanidine groups is 1. The van der Waals surface area contributed by atoms with Gasteiger partial charge in [0.2, 0.25) is 0 Å². The summed E-state index contributed by atoms with van der Waals surface area (Å²) in [6.45, 7) is 7.49. The van der Waals surface area contributed by atoms with Crippen molar-refractivity contribution in [3.63, 3.8) is 0 Å². The van der Waals surface area contributed by atoms with Gasteiger partial charge in [-0.25, -0.2) is 4.99 Å². The molecule has 0 radical (unpaired) electrons. The Labute approximate surface area is 137 Å². The number of nitrogens with one attached hydrogen (secondary N) is 1. The predicted molar refractivity (Wildman–Crippen MR) is 90.3 cm³/mol. The highest BCUT2D eigenvalue weighted by molar-refractivity contribution is 6.31. The molecule has 2 fully saturated rings. The van der Waals surface area contributed by atoms with Gasteiger partial charge >= 0.3 is 0 Å². The summed E-state index contributed by atoms with van der Waals surface area (Å²) in [6.07, 6.45) is 2.37. The summed E-state index contributed by atoms with van der Waals surface area (Å²) >= 11 is 6.22. The van der Waals surface area contributed by atoms with Crippen LogP contribution >= 0.6 is 11.6 Å². The van der Waals surface area contributed by atoms with E-state index in [0.717, 1.165) is 49.4 Å². The Hall–Kier alpha value is -1.26. The van der Waals surface area contributed by atoms with Gasteiger partial charge in [-0.15, -0.1) is 0 Å². The largest absolute Gasteiger partial charge is 0.381 e. The number of benzene rings is 1. The van der Waals surface area contributed by atoms with Crippen molar-refractivity contribution in [3.8, 4) is 0 Å². The van der Waals surface area contributed by atoms with Gasteiger partial charge in [0.25, 0.3) is 0 Å². The Bertz CT molecular complexity index is 540. The lowest BCUT2D eigenvalue weighted by atomic mass is 9.87. The summed E-state index contributed by atoms with van der Waals surface area (Å²) in [7, 11) is 0. The van der Waals surface area contributed by atoms with Gasteiger partial charge in [0.05, 0.1) is 13.2 Å². The molecule has 1 spiro atoms. The quantitative estimate of drug-likeness (QED) is 0.687. The molecular formula is C17H24ClN3O. The van der Waals surface area contributed by atoms with Crippen molar-refractivity contribution < 1.29 is 4.74 Å². The fourth-order valence-electron chi connectivity index (χ4n) is 3.30. The number of aliphatic imine (C=N–C) groups is 1. The number of rotatable bonds is 3. The lowest BCUT2D eigenvalue weighted by Gasteiger charge is -2.25. The molecule has 1 N–H and O–H groups in total. The van der Waals surface area contributed by atoms with Crippen LogP contribution < -0.4 is 5.32 Å². The first kappa shape index (κ1) is 15.6. The van der Waals surface area contributed by atoms with E-state index >= 15 is 0 Å². The van der Waals surface area contributed by atoms with E-state index in [4.69, 9.17) is 21.3 Å². The number of hydrogen-bond acceptors (Lipinski definition) is 2. The summed E-state index contributed by atoms with van der Waals surface area (Å²) in [4.78, 5) is 7.16. The van der Waals surface area contributed by atoms with E-state index in [-0.39, 0.29) is 0 Å². The van der Waals surface area contributed by atoms with Gasteiger partial charge < -0.3 is 15.0 Å². The second kappa shape index (κ2) is 6.88. The van der Waals surface area contributed by atoms with Crippen LogP contribution in [0, 0.1) is 5.41 Å². The molecule has 0 amide bonds. The number of likely N-dealkylation sites (tertiary alicyclic amines) is 1. The molecule has 0 aliphatic carbocycles. The van der Waals surface area contributed by atoms with Crippen LogP contribution in [0.5, 0.6) is 0 Å². The molecule has 0 bridgehead atoms. The van der Waals surface area contributed by atoms with E-state index < -0.39 is 0 Å². The summed E-state index contributed by atoms with van der Waals surface area (Å²) < 4.78 is 5.61. The van der Waals surface area contributed by atoms with Gasteiger partial charge in [-0.1, -0.05) is 29.8 Å². The summed E-state index contributed by atoms with van der Waals surface area (Å²) in [5.74, 6) is 0.992. The molecule has 0 aromatic heterocycles. The molecule has 22 heavy (non-hydrogen) atoms. The van der Waals surface area contributed by atoms with Crippen LogP contribution in [-0.2, 0) is 11.3 Å². The van der Waals surface area contributed by atoms with Crippen LogP contribution in [0.1, 0.15) is 25.3 Å². The van der Waals surface area contributed by atoms with Crippen molar-refractivity contribution in [2.45, 2.75) is 26.3 Å². The minimum atomic E-state index is 0.348. The molecule has 5 heteroatoms. The molecule has 2 saturated heterocycles. The maximum absolute atomic E-state index is 6.22. The zero-order valence-corrected chi connectivity index (χ0v) is 13.9. The first-order chi connectivity index (χ1) is 10.7. The van der Waals surface area contributed by atoms with Gasteiger partial charge in [-0.3, -0.25) is 0 Å². The number of nitrogens with zero attached hydrogens (tertiary/aromatic N) is 2. The van der Waals surface area contributed by atoms with Crippen LogP contribution in [0.25, 0.3) is 0 Å². The molecular weight excluding hydrogens is 298 g/mol. The second-order valence-electron chi connectivity index (χ2n) is 6.24. The highest BCUT2D eigenvalue weighted by Gasteiger charge is 2.42. The maximum atomic E-state index is 6.22. The molecule has 1 aromatic carbocycles. The smallest absolute Gasteiger partial charge is 0.194 e. The maximum Gasteiger partial charge on any atom is 0.194 e.